The molecule has 0 aliphatic rings. The Balaban J connectivity index is 1.82. The van der Waals surface area contributed by atoms with Crippen LogP contribution in [-0.4, -0.2) is 32.6 Å². The molecule has 0 spiro atoms. The van der Waals surface area contributed by atoms with Gasteiger partial charge in [0.15, 0.2) is 0 Å². The summed E-state index contributed by atoms with van der Waals surface area (Å²) in [5.41, 5.74) is 7.17. The smallest absolute Gasteiger partial charge is 0.340 e. The summed E-state index contributed by atoms with van der Waals surface area (Å²) in [6, 6.07) is 16.2. The van der Waals surface area contributed by atoms with E-state index >= 15 is 0 Å². The van der Waals surface area contributed by atoms with Crippen molar-refractivity contribution in [3.05, 3.63) is 65.5 Å². The summed E-state index contributed by atoms with van der Waals surface area (Å²) in [4.78, 5) is 12.3. The van der Waals surface area contributed by atoms with Crippen molar-refractivity contribution in [2.24, 2.45) is 7.05 Å². The van der Waals surface area contributed by atoms with Crippen molar-refractivity contribution < 1.29 is 9.53 Å². The molecule has 0 fully saturated rings. The van der Waals surface area contributed by atoms with E-state index in [2.05, 4.69) is 53.0 Å². The Labute approximate surface area is 157 Å². The van der Waals surface area contributed by atoms with Crippen molar-refractivity contribution in [2.45, 2.75) is 13.8 Å². The van der Waals surface area contributed by atoms with Crippen molar-refractivity contribution >= 4 is 17.0 Å². The first kappa shape index (κ1) is 17.0. The van der Waals surface area contributed by atoms with Crippen molar-refractivity contribution in [1.82, 2.24) is 19.6 Å². The molecule has 27 heavy (non-hydrogen) atoms. The van der Waals surface area contributed by atoms with Gasteiger partial charge in [-0.15, -0.1) is 5.10 Å². The fraction of sp³-hybridized carbons (Fsp3) is 0.190. The second-order valence-corrected chi connectivity index (χ2v) is 6.59. The second-order valence-electron chi connectivity index (χ2n) is 6.59. The van der Waals surface area contributed by atoms with Gasteiger partial charge in [0.25, 0.3) is 0 Å². The van der Waals surface area contributed by atoms with Gasteiger partial charge in [0, 0.05) is 24.1 Å². The molecule has 2 heterocycles. The molecule has 2 aromatic carbocycles. The average molecular weight is 360 g/mol. The number of benzene rings is 2. The maximum Gasteiger partial charge on any atom is 0.340 e. The molecule has 0 aliphatic carbocycles. The average Bonchev–Trinajstić information content (AvgIpc) is 3.22. The number of esters is 1. The zero-order chi connectivity index (χ0) is 19.1. The Morgan fingerprint density at radius 2 is 1.63 bits per heavy atom. The van der Waals surface area contributed by atoms with Crippen LogP contribution in [0.2, 0.25) is 0 Å². The zero-order valence-corrected chi connectivity index (χ0v) is 15.7. The quantitative estimate of drug-likeness (QED) is 0.521. The van der Waals surface area contributed by atoms with Gasteiger partial charge >= 0.3 is 5.97 Å². The highest BCUT2D eigenvalue weighted by atomic mass is 16.5. The molecule has 0 amide bonds. The number of methoxy groups -OCH3 is 1. The largest absolute Gasteiger partial charge is 0.465 e. The number of ether oxygens (including phenoxy) is 1. The van der Waals surface area contributed by atoms with Crippen molar-refractivity contribution in [2.75, 3.05) is 7.11 Å². The topological polar surface area (TPSA) is 61.9 Å². The fourth-order valence-corrected chi connectivity index (χ4v) is 3.51. The monoisotopic (exact) mass is 360 g/mol. The first-order valence-electron chi connectivity index (χ1n) is 8.67. The molecule has 4 aromatic rings. The highest BCUT2D eigenvalue weighted by Gasteiger charge is 2.17. The van der Waals surface area contributed by atoms with E-state index in [4.69, 9.17) is 4.74 Å². The molecule has 0 radical (unpaired) electrons. The molecular weight excluding hydrogens is 340 g/mol. The molecule has 0 saturated carbocycles. The zero-order valence-electron chi connectivity index (χ0n) is 15.7. The number of fused-ring (bicyclic) bond motifs is 1. The number of carbonyl (C=O) groups excluding carboxylic acids is 1. The maximum absolute atomic E-state index is 12.3. The van der Waals surface area contributed by atoms with Gasteiger partial charge in [-0.1, -0.05) is 17.3 Å². The standard InChI is InChI=1S/C21H20N4O2/c1-13-5-6-14(2)25(13)17-9-7-15(8-10-17)16-11-18(21(26)27-4)20-19(12-16)22-23-24(20)3/h5-12H,1-4H3. The number of rotatable bonds is 3. The van der Waals surface area contributed by atoms with Crippen molar-refractivity contribution in [1.29, 1.82) is 0 Å². The normalized spacial score (nSPS) is 11.1. The number of nitrogens with zero attached hydrogens (tertiary/aromatic N) is 4. The molecular formula is C21H20N4O2. The minimum Gasteiger partial charge on any atom is -0.465 e. The van der Waals surface area contributed by atoms with Crippen LogP contribution in [0.3, 0.4) is 0 Å². The van der Waals surface area contributed by atoms with E-state index in [9.17, 15) is 4.79 Å². The number of hydrogen-bond donors (Lipinski definition) is 0. The number of aromatic nitrogens is 4. The third-order valence-corrected chi connectivity index (χ3v) is 4.84. The summed E-state index contributed by atoms with van der Waals surface area (Å²) in [5, 5.41) is 8.19. The van der Waals surface area contributed by atoms with Crippen LogP contribution in [0, 0.1) is 13.8 Å². The maximum atomic E-state index is 12.3. The van der Waals surface area contributed by atoms with Gasteiger partial charge in [-0.05, 0) is 61.4 Å². The Morgan fingerprint density at radius 3 is 2.26 bits per heavy atom. The summed E-state index contributed by atoms with van der Waals surface area (Å²) < 4.78 is 8.74. The lowest BCUT2D eigenvalue weighted by atomic mass is 10.0. The van der Waals surface area contributed by atoms with E-state index in [0.29, 0.717) is 16.6 Å². The highest BCUT2D eigenvalue weighted by Crippen LogP contribution is 2.28. The Hall–Kier alpha value is -3.41. The van der Waals surface area contributed by atoms with E-state index in [0.717, 1.165) is 16.8 Å². The first-order valence-corrected chi connectivity index (χ1v) is 8.67. The molecule has 4 rings (SSSR count). The number of carbonyl (C=O) groups is 1. The third-order valence-electron chi connectivity index (χ3n) is 4.84. The lowest BCUT2D eigenvalue weighted by Crippen LogP contribution is -2.05. The molecule has 0 atom stereocenters. The summed E-state index contributed by atoms with van der Waals surface area (Å²) >= 11 is 0. The molecule has 6 heteroatoms. The van der Waals surface area contributed by atoms with Crippen LogP contribution >= 0.6 is 0 Å². The number of hydrogen-bond acceptors (Lipinski definition) is 4. The molecule has 0 N–H and O–H groups in total. The van der Waals surface area contributed by atoms with Crippen LogP contribution in [-0.2, 0) is 11.8 Å². The minimum atomic E-state index is -0.400. The molecule has 0 aliphatic heterocycles. The Kier molecular flexibility index (Phi) is 4.03. The summed E-state index contributed by atoms with van der Waals surface area (Å²) in [5.74, 6) is -0.400. The van der Waals surface area contributed by atoms with Crippen LogP contribution in [0.15, 0.2) is 48.5 Å². The predicted molar refractivity (Wildman–Crippen MR) is 104 cm³/mol. The highest BCUT2D eigenvalue weighted by molar-refractivity contribution is 6.03. The fourth-order valence-electron chi connectivity index (χ4n) is 3.51. The second kappa shape index (κ2) is 6.39. The van der Waals surface area contributed by atoms with Gasteiger partial charge in [-0.25, -0.2) is 9.48 Å². The van der Waals surface area contributed by atoms with Crippen LogP contribution in [0.4, 0.5) is 0 Å². The van der Waals surface area contributed by atoms with Gasteiger partial charge in [0.2, 0.25) is 0 Å². The van der Waals surface area contributed by atoms with Crippen LogP contribution < -0.4 is 0 Å². The van der Waals surface area contributed by atoms with Crippen molar-refractivity contribution in [3.63, 3.8) is 0 Å². The van der Waals surface area contributed by atoms with E-state index < -0.39 is 5.97 Å². The molecule has 6 nitrogen and oxygen atoms in total. The lowest BCUT2D eigenvalue weighted by Gasteiger charge is -2.11. The van der Waals surface area contributed by atoms with E-state index in [1.807, 2.05) is 24.3 Å². The third kappa shape index (κ3) is 2.79. The summed E-state index contributed by atoms with van der Waals surface area (Å²) in [6.07, 6.45) is 0. The molecule has 136 valence electrons. The van der Waals surface area contributed by atoms with E-state index in [1.165, 1.54) is 18.5 Å². The summed E-state index contributed by atoms with van der Waals surface area (Å²) in [6.45, 7) is 4.18. The van der Waals surface area contributed by atoms with E-state index in [-0.39, 0.29) is 0 Å². The first-order chi connectivity index (χ1) is 13.0. The van der Waals surface area contributed by atoms with Gasteiger partial charge in [0.05, 0.1) is 12.7 Å². The van der Waals surface area contributed by atoms with E-state index in [1.54, 1.807) is 11.7 Å². The molecule has 0 bridgehead atoms. The van der Waals surface area contributed by atoms with Gasteiger partial charge in [-0.3, -0.25) is 0 Å². The van der Waals surface area contributed by atoms with Crippen molar-refractivity contribution in [3.8, 4) is 16.8 Å². The predicted octanol–water partition coefficient (Wildman–Crippen LogP) is 3.83. The molecule has 2 aromatic heterocycles. The Bertz CT molecular complexity index is 1130. The summed E-state index contributed by atoms with van der Waals surface area (Å²) in [7, 11) is 3.14. The van der Waals surface area contributed by atoms with Crippen LogP contribution in [0.25, 0.3) is 27.8 Å². The molecule has 0 unspecified atom stereocenters. The Morgan fingerprint density at radius 1 is 0.963 bits per heavy atom. The van der Waals surface area contributed by atoms with Crippen LogP contribution in [0.5, 0.6) is 0 Å². The van der Waals surface area contributed by atoms with Gasteiger partial charge in [0.1, 0.15) is 11.0 Å². The van der Waals surface area contributed by atoms with Crippen LogP contribution in [0.1, 0.15) is 21.7 Å². The van der Waals surface area contributed by atoms with Gasteiger partial charge in [-0.2, -0.15) is 0 Å². The lowest BCUT2D eigenvalue weighted by molar-refractivity contribution is 0.0602. The molecule has 0 saturated heterocycles. The minimum absolute atomic E-state index is 0.400. The number of aryl methyl sites for hydroxylation is 3. The van der Waals surface area contributed by atoms with Gasteiger partial charge < -0.3 is 9.30 Å². The SMILES string of the molecule is COC(=O)c1cc(-c2ccc(-n3c(C)ccc3C)cc2)cc2nnn(C)c12.